The lowest BCUT2D eigenvalue weighted by atomic mass is 9.94. The molecule has 24 heavy (non-hydrogen) atoms. The third-order valence-corrected chi connectivity index (χ3v) is 4.56. The molecule has 6 nitrogen and oxygen atoms in total. The molecule has 0 amide bonds. The van der Waals surface area contributed by atoms with Gasteiger partial charge in [0.05, 0.1) is 12.7 Å². The Hall–Kier alpha value is -1.56. The fourth-order valence-corrected chi connectivity index (χ4v) is 2.93. The van der Waals surface area contributed by atoms with E-state index in [1.807, 2.05) is 6.20 Å². The van der Waals surface area contributed by atoms with Crippen molar-refractivity contribution in [3.05, 3.63) is 17.8 Å². The first-order valence-corrected chi connectivity index (χ1v) is 9.04. The van der Waals surface area contributed by atoms with E-state index in [2.05, 4.69) is 53.2 Å². The number of rotatable bonds is 5. The molecule has 0 radical (unpaired) electrons. The van der Waals surface area contributed by atoms with Crippen LogP contribution in [0.2, 0.25) is 0 Å². The van der Waals surface area contributed by atoms with Crippen molar-refractivity contribution in [1.29, 1.82) is 0 Å². The molecule has 2 N–H and O–H groups in total. The second-order valence-corrected chi connectivity index (χ2v) is 7.60. The summed E-state index contributed by atoms with van der Waals surface area (Å²) in [5.74, 6) is 2.38. The topological polar surface area (TPSA) is 65.7 Å². The zero-order chi connectivity index (χ0) is 17.6. The fraction of sp³-hybridized carbons (Fsp3) is 0.778. The number of likely N-dealkylation sites (tertiary alicyclic amines) is 1. The molecular weight excluding hydrogens is 302 g/mol. The second kappa shape index (κ2) is 8.51. The van der Waals surface area contributed by atoms with E-state index in [0.29, 0.717) is 18.5 Å². The second-order valence-electron chi connectivity index (χ2n) is 7.60. The molecule has 136 valence electrons. The predicted molar refractivity (Wildman–Crippen MR) is 98.3 cm³/mol. The molecule has 1 saturated heterocycles. The zero-order valence-electron chi connectivity index (χ0n) is 15.9. The highest BCUT2D eigenvalue weighted by Gasteiger charge is 2.19. The summed E-state index contributed by atoms with van der Waals surface area (Å²) in [7, 11) is 1.79. The van der Waals surface area contributed by atoms with Gasteiger partial charge in [0.2, 0.25) is 5.89 Å². The van der Waals surface area contributed by atoms with Gasteiger partial charge in [0.15, 0.2) is 5.96 Å². The Morgan fingerprint density at radius 2 is 2.17 bits per heavy atom. The number of nitrogens with zero attached hydrogens (tertiary/aromatic N) is 3. The highest BCUT2D eigenvalue weighted by atomic mass is 16.4. The van der Waals surface area contributed by atoms with E-state index in [9.17, 15) is 0 Å². The summed E-state index contributed by atoms with van der Waals surface area (Å²) >= 11 is 0. The van der Waals surface area contributed by atoms with Gasteiger partial charge >= 0.3 is 0 Å². The molecular formula is C18H33N5O. The van der Waals surface area contributed by atoms with Gasteiger partial charge in [-0.2, -0.15) is 0 Å². The van der Waals surface area contributed by atoms with Crippen LogP contribution in [0.25, 0.3) is 0 Å². The van der Waals surface area contributed by atoms with Gasteiger partial charge in [0.1, 0.15) is 5.76 Å². The third-order valence-electron chi connectivity index (χ3n) is 4.56. The van der Waals surface area contributed by atoms with Crippen LogP contribution in [-0.2, 0) is 12.0 Å². The van der Waals surface area contributed by atoms with Gasteiger partial charge in [0, 0.05) is 31.6 Å². The summed E-state index contributed by atoms with van der Waals surface area (Å²) in [5, 5.41) is 6.64. The maximum atomic E-state index is 5.79. The molecule has 1 aromatic rings. The number of hydrogen-bond donors (Lipinski definition) is 2. The maximum absolute atomic E-state index is 5.79. The van der Waals surface area contributed by atoms with Crippen molar-refractivity contribution in [3.63, 3.8) is 0 Å². The molecule has 0 saturated carbocycles. The molecule has 2 heterocycles. The standard InChI is InChI=1S/C18H33N5O/c1-14-8-6-7-10-23(14)11-9-20-17(19-5)22-13-16-21-12-15(24-16)18(2,3)4/h12,14H,6-11,13H2,1-5H3,(H2,19,20,22). The average molecular weight is 335 g/mol. The molecule has 0 aliphatic carbocycles. The Balaban J connectivity index is 1.73. The van der Waals surface area contributed by atoms with E-state index in [4.69, 9.17) is 4.42 Å². The summed E-state index contributed by atoms with van der Waals surface area (Å²) in [6.07, 6.45) is 5.80. The first-order chi connectivity index (χ1) is 11.4. The van der Waals surface area contributed by atoms with Crippen LogP contribution in [0.4, 0.5) is 0 Å². The highest BCUT2D eigenvalue weighted by molar-refractivity contribution is 5.79. The summed E-state index contributed by atoms with van der Waals surface area (Å²) in [4.78, 5) is 11.1. The Morgan fingerprint density at radius 3 is 2.79 bits per heavy atom. The zero-order valence-corrected chi connectivity index (χ0v) is 15.9. The minimum atomic E-state index is -0.0175. The molecule has 0 bridgehead atoms. The number of hydrogen-bond acceptors (Lipinski definition) is 4. The van der Waals surface area contributed by atoms with Crippen molar-refractivity contribution in [2.45, 2.75) is 65.0 Å². The monoisotopic (exact) mass is 335 g/mol. The minimum absolute atomic E-state index is 0.0175. The van der Waals surface area contributed by atoms with Crippen LogP contribution in [0, 0.1) is 0 Å². The van der Waals surface area contributed by atoms with E-state index < -0.39 is 0 Å². The molecule has 2 rings (SSSR count). The van der Waals surface area contributed by atoms with Crippen LogP contribution >= 0.6 is 0 Å². The summed E-state index contributed by atoms with van der Waals surface area (Å²) in [6.45, 7) is 12.4. The van der Waals surface area contributed by atoms with Crippen LogP contribution in [-0.4, -0.2) is 48.6 Å². The van der Waals surface area contributed by atoms with Crippen molar-refractivity contribution in [2.75, 3.05) is 26.7 Å². The molecule has 1 aliphatic heterocycles. The van der Waals surface area contributed by atoms with Crippen LogP contribution in [0.3, 0.4) is 0 Å². The van der Waals surface area contributed by atoms with Gasteiger partial charge in [0.25, 0.3) is 0 Å². The van der Waals surface area contributed by atoms with Crippen molar-refractivity contribution in [1.82, 2.24) is 20.5 Å². The summed E-state index contributed by atoms with van der Waals surface area (Å²) in [5.41, 5.74) is -0.0175. The van der Waals surface area contributed by atoms with Crippen molar-refractivity contribution in [3.8, 4) is 0 Å². The lowest BCUT2D eigenvalue weighted by molar-refractivity contribution is 0.163. The number of oxazole rings is 1. The van der Waals surface area contributed by atoms with Crippen LogP contribution < -0.4 is 10.6 Å². The SMILES string of the molecule is CN=C(NCCN1CCCCC1C)NCc1ncc(C(C)(C)C)o1. The first-order valence-electron chi connectivity index (χ1n) is 9.04. The number of aliphatic imine (C=N–C) groups is 1. The Morgan fingerprint density at radius 1 is 1.38 bits per heavy atom. The molecule has 1 aromatic heterocycles. The van der Waals surface area contributed by atoms with Gasteiger partial charge in [-0.1, -0.05) is 27.2 Å². The van der Waals surface area contributed by atoms with E-state index in [1.165, 1.54) is 25.8 Å². The minimum Gasteiger partial charge on any atom is -0.443 e. The summed E-state index contributed by atoms with van der Waals surface area (Å²) in [6, 6.07) is 0.693. The van der Waals surface area contributed by atoms with Gasteiger partial charge in [-0.3, -0.25) is 9.89 Å². The van der Waals surface area contributed by atoms with Crippen LogP contribution in [0.5, 0.6) is 0 Å². The molecule has 1 unspecified atom stereocenters. The quantitative estimate of drug-likeness (QED) is 0.639. The van der Waals surface area contributed by atoms with E-state index in [0.717, 1.165) is 24.8 Å². The number of guanidine groups is 1. The number of piperidine rings is 1. The van der Waals surface area contributed by atoms with Gasteiger partial charge in [-0.25, -0.2) is 4.98 Å². The Labute approximate surface area is 146 Å². The normalized spacial score (nSPS) is 20.2. The number of aromatic nitrogens is 1. The number of nitrogens with one attached hydrogen (secondary N) is 2. The molecule has 1 fully saturated rings. The third kappa shape index (κ3) is 5.51. The van der Waals surface area contributed by atoms with E-state index in [-0.39, 0.29) is 5.41 Å². The maximum Gasteiger partial charge on any atom is 0.213 e. The molecule has 6 heteroatoms. The average Bonchev–Trinajstić information content (AvgIpc) is 3.01. The Bertz CT molecular complexity index is 532. The highest BCUT2D eigenvalue weighted by Crippen LogP contribution is 2.22. The van der Waals surface area contributed by atoms with Crippen molar-refractivity contribution >= 4 is 5.96 Å². The van der Waals surface area contributed by atoms with Gasteiger partial charge < -0.3 is 15.1 Å². The lowest BCUT2D eigenvalue weighted by Crippen LogP contribution is -2.45. The van der Waals surface area contributed by atoms with Gasteiger partial charge in [-0.15, -0.1) is 0 Å². The molecule has 1 aliphatic rings. The van der Waals surface area contributed by atoms with Crippen LogP contribution in [0.1, 0.15) is 58.6 Å². The predicted octanol–water partition coefficient (Wildman–Crippen LogP) is 2.51. The fourth-order valence-electron chi connectivity index (χ4n) is 2.93. The van der Waals surface area contributed by atoms with Gasteiger partial charge in [-0.05, 0) is 26.3 Å². The molecule has 0 spiro atoms. The van der Waals surface area contributed by atoms with E-state index >= 15 is 0 Å². The molecule has 1 atom stereocenters. The summed E-state index contributed by atoms with van der Waals surface area (Å²) < 4.78 is 5.79. The van der Waals surface area contributed by atoms with E-state index in [1.54, 1.807) is 7.05 Å². The smallest absolute Gasteiger partial charge is 0.213 e. The molecule has 0 aromatic carbocycles. The largest absolute Gasteiger partial charge is 0.443 e. The first kappa shape index (κ1) is 18.8. The van der Waals surface area contributed by atoms with Crippen molar-refractivity contribution in [2.24, 2.45) is 4.99 Å². The Kier molecular flexibility index (Phi) is 6.66. The lowest BCUT2D eigenvalue weighted by Gasteiger charge is -2.33. The van der Waals surface area contributed by atoms with Crippen molar-refractivity contribution < 1.29 is 4.42 Å². The van der Waals surface area contributed by atoms with Crippen LogP contribution in [0.15, 0.2) is 15.6 Å².